The van der Waals surface area contributed by atoms with Crippen molar-refractivity contribution in [1.82, 2.24) is 16.0 Å². The first-order valence-electron chi connectivity index (χ1n) is 8.38. The van der Waals surface area contributed by atoms with Crippen molar-refractivity contribution in [2.24, 2.45) is 0 Å². The van der Waals surface area contributed by atoms with Gasteiger partial charge in [-0.15, -0.1) is 0 Å². The van der Waals surface area contributed by atoms with E-state index in [1.165, 1.54) is 0 Å². The second-order valence-corrected chi connectivity index (χ2v) is 4.65. The Morgan fingerprint density at radius 2 is 1.50 bits per heavy atom. The number of nitrogens with one attached hydrogen (secondary N) is 3. The van der Waals surface area contributed by atoms with Crippen LogP contribution >= 0.6 is 0 Å². The molecular weight excluding hydrogens is 282 g/mol. The van der Waals surface area contributed by atoms with Gasteiger partial charge >= 0.3 is 0 Å². The van der Waals surface area contributed by atoms with Gasteiger partial charge in [-0.3, -0.25) is 14.4 Å². The fourth-order valence-corrected chi connectivity index (χ4v) is 1.69. The van der Waals surface area contributed by atoms with Gasteiger partial charge in [0.05, 0.1) is 0 Å². The van der Waals surface area contributed by atoms with Crippen LogP contribution in [0.15, 0.2) is 0 Å². The molecule has 0 bridgehead atoms. The Bertz CT molecular complexity index is 320. The molecule has 3 N–H and O–H groups in total. The highest BCUT2D eigenvalue weighted by Crippen LogP contribution is 2.00. The minimum absolute atomic E-state index is 0.0918. The van der Waals surface area contributed by atoms with Crippen LogP contribution in [0.2, 0.25) is 0 Å². The molecule has 0 saturated heterocycles. The summed E-state index contributed by atoms with van der Waals surface area (Å²) in [6.07, 6.45) is 2.53. The van der Waals surface area contributed by atoms with E-state index in [1.54, 1.807) is 0 Å². The number of rotatable bonds is 10. The Hall–Kier alpha value is -1.59. The highest BCUT2D eigenvalue weighted by atomic mass is 16.2. The molecule has 1 atom stereocenters. The normalized spacial score (nSPS) is 10.8. The minimum Gasteiger partial charge on any atom is -0.356 e. The third-order valence-corrected chi connectivity index (χ3v) is 2.71. The van der Waals surface area contributed by atoms with Crippen molar-refractivity contribution in [3.8, 4) is 0 Å². The predicted molar refractivity (Wildman–Crippen MR) is 89.4 cm³/mol. The average molecular weight is 315 g/mol. The second kappa shape index (κ2) is 15.8. The molecular formula is C16H33N3O3. The topological polar surface area (TPSA) is 87.3 Å². The van der Waals surface area contributed by atoms with E-state index in [0.717, 1.165) is 12.8 Å². The van der Waals surface area contributed by atoms with E-state index >= 15 is 0 Å². The molecule has 1 unspecified atom stereocenters. The molecule has 6 heteroatoms. The molecule has 22 heavy (non-hydrogen) atoms. The summed E-state index contributed by atoms with van der Waals surface area (Å²) in [6, 6.07) is -0.638. The molecule has 0 saturated carbocycles. The molecule has 0 rings (SSSR count). The highest BCUT2D eigenvalue weighted by molar-refractivity contribution is 5.88. The maximum Gasteiger partial charge on any atom is 0.242 e. The maximum atomic E-state index is 11.9. The van der Waals surface area contributed by atoms with Crippen LogP contribution in [0.3, 0.4) is 0 Å². The molecule has 6 nitrogen and oxygen atoms in total. The third-order valence-electron chi connectivity index (χ3n) is 2.71. The lowest BCUT2D eigenvalue weighted by atomic mass is 10.1. The Labute approximate surface area is 134 Å². The van der Waals surface area contributed by atoms with E-state index in [4.69, 9.17) is 0 Å². The molecule has 130 valence electrons. The molecule has 0 fully saturated rings. The summed E-state index contributed by atoms with van der Waals surface area (Å²) in [4.78, 5) is 35.0. The van der Waals surface area contributed by atoms with Crippen molar-refractivity contribution < 1.29 is 14.4 Å². The van der Waals surface area contributed by atoms with Crippen LogP contribution in [-0.4, -0.2) is 36.9 Å². The summed E-state index contributed by atoms with van der Waals surface area (Å²) in [5.41, 5.74) is 0. The quantitative estimate of drug-likeness (QED) is 0.574. The Morgan fingerprint density at radius 1 is 0.864 bits per heavy atom. The van der Waals surface area contributed by atoms with Gasteiger partial charge < -0.3 is 16.0 Å². The smallest absolute Gasteiger partial charge is 0.242 e. The molecule has 0 aromatic rings. The fourth-order valence-electron chi connectivity index (χ4n) is 1.69. The summed E-state index contributed by atoms with van der Waals surface area (Å²) in [5, 5.41) is 8.11. The fraction of sp³-hybridized carbons (Fsp3) is 0.812. The van der Waals surface area contributed by atoms with Gasteiger partial charge in [0.1, 0.15) is 6.04 Å². The van der Waals surface area contributed by atoms with Crippen LogP contribution in [0.5, 0.6) is 0 Å². The Balaban J connectivity index is 0. The zero-order chi connectivity index (χ0) is 17.4. The molecule has 0 aromatic carbocycles. The van der Waals surface area contributed by atoms with E-state index in [2.05, 4.69) is 16.0 Å². The first-order chi connectivity index (χ1) is 10.5. The highest BCUT2D eigenvalue weighted by Gasteiger charge is 2.20. The minimum atomic E-state index is -0.638. The van der Waals surface area contributed by atoms with Crippen LogP contribution in [0.1, 0.15) is 66.7 Å². The second-order valence-electron chi connectivity index (χ2n) is 4.65. The Morgan fingerprint density at radius 3 is 2.00 bits per heavy atom. The molecule has 0 aliphatic carbocycles. The first-order valence-corrected chi connectivity index (χ1v) is 8.38. The lowest BCUT2D eigenvalue weighted by molar-refractivity contribution is -0.129. The van der Waals surface area contributed by atoms with Gasteiger partial charge in [-0.05, 0) is 26.2 Å². The zero-order valence-electron chi connectivity index (χ0n) is 14.8. The zero-order valence-corrected chi connectivity index (χ0v) is 14.8. The van der Waals surface area contributed by atoms with Crippen molar-refractivity contribution in [2.45, 2.75) is 72.8 Å². The maximum absolute atomic E-state index is 11.9. The van der Waals surface area contributed by atoms with Gasteiger partial charge in [-0.25, -0.2) is 0 Å². The molecule has 0 aliphatic heterocycles. The molecule has 0 spiro atoms. The van der Waals surface area contributed by atoms with E-state index < -0.39 is 6.04 Å². The molecule has 0 aromatic heterocycles. The largest absolute Gasteiger partial charge is 0.356 e. The monoisotopic (exact) mass is 315 g/mol. The van der Waals surface area contributed by atoms with Crippen LogP contribution in [0.4, 0.5) is 0 Å². The molecule has 0 aliphatic rings. The SMILES string of the molecule is CC.CCCNC(=O)CCC(NC(=O)CCC)C(=O)NCC. The van der Waals surface area contributed by atoms with Crippen LogP contribution < -0.4 is 16.0 Å². The molecule has 3 amide bonds. The van der Waals surface area contributed by atoms with Gasteiger partial charge in [0.2, 0.25) is 17.7 Å². The van der Waals surface area contributed by atoms with Gasteiger partial charge in [0, 0.05) is 25.9 Å². The van der Waals surface area contributed by atoms with E-state index in [1.807, 2.05) is 34.6 Å². The van der Waals surface area contributed by atoms with E-state index in [-0.39, 0.29) is 24.1 Å². The van der Waals surface area contributed by atoms with Gasteiger partial charge in [-0.1, -0.05) is 27.7 Å². The molecule has 0 heterocycles. The van der Waals surface area contributed by atoms with E-state index in [9.17, 15) is 14.4 Å². The van der Waals surface area contributed by atoms with Crippen LogP contribution in [-0.2, 0) is 14.4 Å². The summed E-state index contributed by atoms with van der Waals surface area (Å²) >= 11 is 0. The van der Waals surface area contributed by atoms with Crippen LogP contribution in [0.25, 0.3) is 0 Å². The van der Waals surface area contributed by atoms with Crippen molar-refractivity contribution in [2.75, 3.05) is 13.1 Å². The first kappa shape index (κ1) is 22.7. The number of carbonyl (C=O) groups excluding carboxylic acids is 3. The molecule has 0 radical (unpaired) electrons. The van der Waals surface area contributed by atoms with Crippen molar-refractivity contribution in [3.63, 3.8) is 0 Å². The van der Waals surface area contributed by atoms with Crippen molar-refractivity contribution in [3.05, 3.63) is 0 Å². The Kier molecular flexibility index (Phi) is 16.3. The standard InChI is InChI=1S/C14H27N3O3.C2H6/c1-4-7-13(19)17-11(14(20)15-6-3)8-9-12(18)16-10-5-2;1-2/h11H,4-10H2,1-3H3,(H,15,20)(H,16,18)(H,17,19);1-2H3. The van der Waals surface area contributed by atoms with Gasteiger partial charge in [0.15, 0.2) is 0 Å². The lowest BCUT2D eigenvalue weighted by Crippen LogP contribution is -2.47. The summed E-state index contributed by atoms with van der Waals surface area (Å²) in [7, 11) is 0. The predicted octanol–water partition coefficient (Wildman–Crippen LogP) is 1.74. The number of hydrogen-bond donors (Lipinski definition) is 3. The van der Waals surface area contributed by atoms with Crippen molar-refractivity contribution in [1.29, 1.82) is 0 Å². The third kappa shape index (κ3) is 12.2. The number of likely N-dealkylation sites (N-methyl/N-ethyl adjacent to an activating group) is 1. The summed E-state index contributed by atoms with van der Waals surface area (Å²) < 4.78 is 0. The average Bonchev–Trinajstić information content (AvgIpc) is 2.51. The summed E-state index contributed by atoms with van der Waals surface area (Å²) in [5.74, 6) is -0.483. The van der Waals surface area contributed by atoms with Crippen LogP contribution in [0, 0.1) is 0 Å². The number of amides is 3. The van der Waals surface area contributed by atoms with Crippen molar-refractivity contribution >= 4 is 17.7 Å². The van der Waals surface area contributed by atoms with Gasteiger partial charge in [-0.2, -0.15) is 0 Å². The summed E-state index contributed by atoms with van der Waals surface area (Å²) in [6.45, 7) is 10.8. The van der Waals surface area contributed by atoms with Gasteiger partial charge in [0.25, 0.3) is 0 Å². The van der Waals surface area contributed by atoms with E-state index in [0.29, 0.717) is 25.9 Å². The number of hydrogen-bond acceptors (Lipinski definition) is 3. The number of carbonyl (C=O) groups is 3. The lowest BCUT2D eigenvalue weighted by Gasteiger charge is -2.17.